The summed E-state index contributed by atoms with van der Waals surface area (Å²) in [6, 6.07) is 6.03. The molecule has 1 aromatic carbocycles. The first kappa shape index (κ1) is 16.9. The van der Waals surface area contributed by atoms with Gasteiger partial charge in [-0.05, 0) is 26.0 Å². The monoisotopic (exact) mass is 324 g/mol. The number of benzene rings is 1. The van der Waals surface area contributed by atoms with Crippen molar-refractivity contribution in [2.75, 3.05) is 6.54 Å². The Hall–Kier alpha value is -2.48. The molecular weight excluding hydrogens is 306 g/mol. The van der Waals surface area contributed by atoms with E-state index >= 15 is 0 Å². The van der Waals surface area contributed by atoms with Crippen LogP contribution in [0.3, 0.4) is 0 Å². The molecule has 1 aromatic heterocycles. The normalized spacial score (nSPS) is 11.6. The number of aromatic amines is 1. The van der Waals surface area contributed by atoms with Crippen molar-refractivity contribution in [2.24, 2.45) is 5.73 Å². The summed E-state index contributed by atoms with van der Waals surface area (Å²) < 4.78 is 29.0. The zero-order valence-corrected chi connectivity index (χ0v) is 12.8. The number of carbonyl (C=O) groups excluding carboxylic acids is 1. The molecule has 0 fully saturated rings. The Kier molecular flexibility index (Phi) is 4.95. The molecule has 1 heterocycles. The van der Waals surface area contributed by atoms with Crippen molar-refractivity contribution in [3.05, 3.63) is 36.0 Å². The van der Waals surface area contributed by atoms with Gasteiger partial charge in [0.2, 0.25) is 0 Å². The van der Waals surface area contributed by atoms with Crippen LogP contribution in [0.4, 0.5) is 8.78 Å². The molecule has 0 aliphatic rings. The molecule has 4 N–H and O–H groups in total. The third kappa shape index (κ3) is 4.75. The first-order valence-corrected chi connectivity index (χ1v) is 6.92. The average molecular weight is 324 g/mol. The van der Waals surface area contributed by atoms with Gasteiger partial charge in [-0.1, -0.05) is 12.1 Å². The van der Waals surface area contributed by atoms with Crippen LogP contribution >= 0.6 is 0 Å². The maximum absolute atomic E-state index is 12.3. The van der Waals surface area contributed by atoms with Gasteiger partial charge in [-0.15, -0.1) is 0 Å². The SMILES string of the molecule is CC(C)(N)CNC(=O)c1cn[nH]c1-c1cccc(OC(F)F)c1. The zero-order valence-electron chi connectivity index (χ0n) is 12.8. The second-order valence-corrected chi connectivity index (χ2v) is 5.74. The second kappa shape index (κ2) is 6.74. The van der Waals surface area contributed by atoms with E-state index in [9.17, 15) is 13.6 Å². The molecule has 0 atom stereocenters. The van der Waals surface area contributed by atoms with Gasteiger partial charge in [-0.3, -0.25) is 9.89 Å². The van der Waals surface area contributed by atoms with Crippen molar-refractivity contribution in [1.29, 1.82) is 0 Å². The van der Waals surface area contributed by atoms with E-state index in [-0.39, 0.29) is 18.2 Å². The summed E-state index contributed by atoms with van der Waals surface area (Å²) in [6.07, 6.45) is 1.37. The Bertz CT molecular complexity index is 680. The van der Waals surface area contributed by atoms with Gasteiger partial charge in [-0.25, -0.2) is 0 Å². The molecular formula is C15H18F2N4O2. The third-order valence-corrected chi connectivity index (χ3v) is 2.94. The number of rotatable bonds is 6. The number of halogens is 2. The minimum atomic E-state index is -2.92. The fraction of sp³-hybridized carbons (Fsp3) is 0.333. The highest BCUT2D eigenvalue weighted by atomic mass is 19.3. The Morgan fingerprint density at radius 2 is 2.22 bits per heavy atom. The van der Waals surface area contributed by atoms with Gasteiger partial charge < -0.3 is 15.8 Å². The van der Waals surface area contributed by atoms with E-state index in [2.05, 4.69) is 20.3 Å². The van der Waals surface area contributed by atoms with E-state index in [0.29, 0.717) is 16.8 Å². The van der Waals surface area contributed by atoms with Crippen molar-refractivity contribution >= 4 is 5.91 Å². The van der Waals surface area contributed by atoms with Crippen LogP contribution in [0.1, 0.15) is 24.2 Å². The van der Waals surface area contributed by atoms with E-state index in [0.717, 1.165) is 0 Å². The number of amides is 1. The van der Waals surface area contributed by atoms with Crippen LogP contribution < -0.4 is 15.8 Å². The molecule has 124 valence electrons. The molecule has 0 saturated heterocycles. The van der Waals surface area contributed by atoms with Crippen LogP contribution in [0.15, 0.2) is 30.5 Å². The molecule has 1 amide bonds. The van der Waals surface area contributed by atoms with Gasteiger partial charge in [0.15, 0.2) is 0 Å². The number of ether oxygens (including phenoxy) is 1. The number of nitrogens with two attached hydrogens (primary N) is 1. The highest BCUT2D eigenvalue weighted by molar-refractivity contribution is 5.99. The molecule has 0 radical (unpaired) electrons. The van der Waals surface area contributed by atoms with Crippen LogP contribution in [0.25, 0.3) is 11.3 Å². The van der Waals surface area contributed by atoms with Crippen molar-refractivity contribution in [3.8, 4) is 17.0 Å². The quantitative estimate of drug-likeness (QED) is 0.759. The standard InChI is InChI=1S/C15H18F2N4O2/c1-15(2,18)8-19-13(22)11-7-20-21-12(11)9-4-3-5-10(6-9)23-14(16)17/h3-7,14H,8,18H2,1-2H3,(H,19,22)(H,20,21). The van der Waals surface area contributed by atoms with Crippen LogP contribution in [0.5, 0.6) is 5.75 Å². The number of hydrogen-bond donors (Lipinski definition) is 3. The summed E-state index contributed by atoms with van der Waals surface area (Å²) in [6.45, 7) is 0.940. The lowest BCUT2D eigenvalue weighted by molar-refractivity contribution is -0.0498. The summed E-state index contributed by atoms with van der Waals surface area (Å²) in [4.78, 5) is 12.2. The number of nitrogens with zero attached hydrogens (tertiary/aromatic N) is 1. The van der Waals surface area contributed by atoms with Crippen LogP contribution in [0, 0.1) is 0 Å². The molecule has 8 heteroatoms. The lowest BCUT2D eigenvalue weighted by Crippen LogP contribution is -2.45. The predicted octanol–water partition coefficient (Wildman–Crippen LogP) is 2.15. The molecule has 0 aliphatic carbocycles. The summed E-state index contributed by atoms with van der Waals surface area (Å²) in [5.41, 5.74) is 6.50. The predicted molar refractivity (Wildman–Crippen MR) is 81.3 cm³/mol. The van der Waals surface area contributed by atoms with E-state index in [1.165, 1.54) is 18.3 Å². The molecule has 23 heavy (non-hydrogen) atoms. The lowest BCUT2D eigenvalue weighted by atomic mass is 10.1. The molecule has 6 nitrogen and oxygen atoms in total. The van der Waals surface area contributed by atoms with Crippen molar-refractivity contribution in [2.45, 2.75) is 26.0 Å². The molecule has 0 saturated carbocycles. The minimum Gasteiger partial charge on any atom is -0.435 e. The van der Waals surface area contributed by atoms with Crippen molar-refractivity contribution in [1.82, 2.24) is 15.5 Å². The Morgan fingerprint density at radius 1 is 1.48 bits per heavy atom. The molecule has 0 spiro atoms. The fourth-order valence-electron chi connectivity index (χ4n) is 1.91. The first-order chi connectivity index (χ1) is 10.8. The zero-order chi connectivity index (χ0) is 17.0. The van der Waals surface area contributed by atoms with Crippen molar-refractivity contribution in [3.63, 3.8) is 0 Å². The highest BCUT2D eigenvalue weighted by Crippen LogP contribution is 2.26. The number of nitrogens with one attached hydrogen (secondary N) is 2. The lowest BCUT2D eigenvalue weighted by Gasteiger charge is -2.18. The largest absolute Gasteiger partial charge is 0.435 e. The molecule has 2 aromatic rings. The Morgan fingerprint density at radius 3 is 2.87 bits per heavy atom. The fourth-order valence-corrected chi connectivity index (χ4v) is 1.91. The topological polar surface area (TPSA) is 93.0 Å². The van der Waals surface area contributed by atoms with Gasteiger partial charge >= 0.3 is 6.61 Å². The van der Waals surface area contributed by atoms with Gasteiger partial charge in [-0.2, -0.15) is 13.9 Å². The van der Waals surface area contributed by atoms with Crippen LogP contribution in [-0.2, 0) is 0 Å². The Balaban J connectivity index is 2.22. The van der Waals surface area contributed by atoms with Gasteiger partial charge in [0.05, 0.1) is 17.5 Å². The number of hydrogen-bond acceptors (Lipinski definition) is 4. The van der Waals surface area contributed by atoms with E-state index < -0.39 is 12.2 Å². The number of H-pyrrole nitrogens is 1. The maximum atomic E-state index is 12.3. The minimum absolute atomic E-state index is 0.00143. The first-order valence-electron chi connectivity index (χ1n) is 6.92. The molecule has 0 aliphatic heterocycles. The molecule has 2 rings (SSSR count). The summed E-state index contributed by atoms with van der Waals surface area (Å²) >= 11 is 0. The number of carbonyl (C=O) groups is 1. The summed E-state index contributed by atoms with van der Waals surface area (Å²) in [7, 11) is 0. The van der Waals surface area contributed by atoms with Gasteiger partial charge in [0, 0.05) is 17.6 Å². The number of aromatic nitrogens is 2. The second-order valence-electron chi connectivity index (χ2n) is 5.74. The average Bonchev–Trinajstić information content (AvgIpc) is 2.93. The summed E-state index contributed by atoms with van der Waals surface area (Å²) in [5.74, 6) is -0.353. The van der Waals surface area contributed by atoms with E-state index in [4.69, 9.17) is 5.73 Å². The third-order valence-electron chi connectivity index (χ3n) is 2.94. The number of alkyl halides is 2. The smallest absolute Gasteiger partial charge is 0.387 e. The maximum Gasteiger partial charge on any atom is 0.387 e. The van der Waals surface area contributed by atoms with Gasteiger partial charge in [0.25, 0.3) is 5.91 Å². The van der Waals surface area contributed by atoms with Crippen LogP contribution in [-0.4, -0.2) is 34.8 Å². The van der Waals surface area contributed by atoms with E-state index in [1.807, 2.05) is 0 Å². The van der Waals surface area contributed by atoms with Gasteiger partial charge in [0.1, 0.15) is 5.75 Å². The molecule has 0 unspecified atom stereocenters. The molecule has 0 bridgehead atoms. The summed E-state index contributed by atoms with van der Waals surface area (Å²) in [5, 5.41) is 9.25. The highest BCUT2D eigenvalue weighted by Gasteiger charge is 2.18. The Labute approximate surface area is 132 Å². The van der Waals surface area contributed by atoms with Crippen molar-refractivity contribution < 1.29 is 18.3 Å². The van der Waals surface area contributed by atoms with E-state index in [1.54, 1.807) is 26.0 Å². The van der Waals surface area contributed by atoms with Crippen LogP contribution in [0.2, 0.25) is 0 Å².